The molecule has 0 aromatic carbocycles. The maximum atomic E-state index is 11.9. The second-order valence-corrected chi connectivity index (χ2v) is 4.69. The quantitative estimate of drug-likeness (QED) is 0.442. The van der Waals surface area contributed by atoms with Gasteiger partial charge in [0, 0.05) is 19.8 Å². The highest BCUT2D eigenvalue weighted by Crippen LogP contribution is 2.41. The normalized spacial score (nSPS) is 37.4. The first-order chi connectivity index (χ1) is 7.45. The van der Waals surface area contributed by atoms with Gasteiger partial charge in [-0.2, -0.15) is 4.74 Å². The van der Waals surface area contributed by atoms with E-state index < -0.39 is 11.3 Å². The highest BCUT2D eigenvalue weighted by atomic mass is 16.6. The van der Waals surface area contributed by atoms with E-state index in [9.17, 15) is 10.3 Å². The van der Waals surface area contributed by atoms with E-state index in [1.165, 1.54) is 0 Å². The van der Waals surface area contributed by atoms with Gasteiger partial charge in [-0.25, -0.2) is 4.63 Å². The molecule has 0 spiro atoms. The highest BCUT2D eigenvalue weighted by Gasteiger charge is 2.60. The van der Waals surface area contributed by atoms with Crippen molar-refractivity contribution in [2.75, 3.05) is 0 Å². The molecular weight excluding hydrogens is 212 g/mol. The van der Waals surface area contributed by atoms with Crippen molar-refractivity contribution in [2.24, 2.45) is 5.73 Å². The second kappa shape index (κ2) is 2.61. The molecule has 1 aliphatic carbocycles. The molecule has 2 aliphatic rings. The van der Waals surface area contributed by atoms with Gasteiger partial charge in [-0.15, -0.1) is 0 Å². The van der Waals surface area contributed by atoms with Crippen LogP contribution in [0.2, 0.25) is 0 Å². The summed E-state index contributed by atoms with van der Waals surface area (Å²) in [4.78, 5) is 0. The predicted molar refractivity (Wildman–Crippen MR) is 52.4 cm³/mol. The van der Waals surface area contributed by atoms with Crippen molar-refractivity contribution in [2.45, 2.75) is 37.5 Å². The van der Waals surface area contributed by atoms with Crippen LogP contribution in [0.25, 0.3) is 0 Å². The van der Waals surface area contributed by atoms with Crippen LogP contribution < -0.4 is 5.73 Å². The summed E-state index contributed by atoms with van der Waals surface area (Å²) in [6, 6.07) is 0. The Kier molecular flexibility index (Phi) is 1.59. The first-order valence-corrected chi connectivity index (χ1v) is 5.12. The summed E-state index contributed by atoms with van der Waals surface area (Å²) >= 11 is 0. The molecular formula is C9H12N4O3. The smallest absolute Gasteiger partial charge is 0.225 e. The van der Waals surface area contributed by atoms with E-state index in [2.05, 4.69) is 14.9 Å². The number of hydroxylamine groups is 1. The minimum Gasteiger partial charge on any atom is -0.622 e. The molecule has 0 amide bonds. The van der Waals surface area contributed by atoms with Crippen LogP contribution in [0.3, 0.4) is 0 Å². The summed E-state index contributed by atoms with van der Waals surface area (Å²) in [5.74, 6) is 0. The van der Waals surface area contributed by atoms with Gasteiger partial charge >= 0.3 is 0 Å². The number of hydrogen-bond acceptors (Lipinski definition) is 6. The molecule has 0 radical (unpaired) electrons. The number of nitrogens with two attached hydrogens (primary N) is 1. The van der Waals surface area contributed by atoms with Crippen LogP contribution in [0.1, 0.15) is 31.2 Å². The molecule has 7 heteroatoms. The number of aryl methyl sites for hydroxylation is 1. The van der Waals surface area contributed by atoms with Gasteiger partial charge in [0.2, 0.25) is 17.0 Å². The van der Waals surface area contributed by atoms with Crippen molar-refractivity contribution in [1.82, 2.24) is 10.3 Å². The first kappa shape index (κ1) is 9.73. The molecule has 0 saturated carbocycles. The van der Waals surface area contributed by atoms with Crippen LogP contribution >= 0.6 is 0 Å². The van der Waals surface area contributed by atoms with Crippen LogP contribution in [-0.2, 0) is 12.0 Å². The Morgan fingerprint density at radius 1 is 1.50 bits per heavy atom. The minimum absolute atomic E-state index is 0.111. The lowest BCUT2D eigenvalue weighted by Gasteiger charge is -2.22. The maximum absolute atomic E-state index is 11.9. The molecule has 2 heterocycles. The Hall–Kier alpha value is -1.47. The van der Waals surface area contributed by atoms with Crippen LogP contribution in [0.15, 0.2) is 4.63 Å². The zero-order chi connectivity index (χ0) is 11.6. The fraction of sp³-hybridized carbons (Fsp3) is 0.667. The van der Waals surface area contributed by atoms with Crippen LogP contribution in [0.5, 0.6) is 0 Å². The summed E-state index contributed by atoms with van der Waals surface area (Å²) in [5.41, 5.74) is 4.64. The van der Waals surface area contributed by atoms with Gasteiger partial charge in [0.25, 0.3) is 0 Å². The minimum atomic E-state index is -1.40. The average molecular weight is 224 g/mol. The molecule has 0 saturated heterocycles. The number of fused-ring (bicyclic) bond motifs is 3. The summed E-state index contributed by atoms with van der Waals surface area (Å²) in [6.07, 6.45) is 1.10. The highest BCUT2D eigenvalue weighted by molar-refractivity contribution is 5.92. The van der Waals surface area contributed by atoms with E-state index in [0.29, 0.717) is 34.7 Å². The Labute approximate surface area is 91.1 Å². The Morgan fingerprint density at radius 3 is 3.00 bits per heavy atom. The van der Waals surface area contributed by atoms with E-state index in [1.54, 1.807) is 6.92 Å². The molecule has 86 valence electrons. The zero-order valence-corrected chi connectivity index (χ0v) is 8.80. The monoisotopic (exact) mass is 224 g/mol. The number of nitrogens with zero attached hydrogens (tertiary/aromatic N) is 3. The Bertz CT molecular complexity index is 493. The van der Waals surface area contributed by atoms with Crippen molar-refractivity contribution in [1.29, 1.82) is 0 Å². The lowest BCUT2D eigenvalue weighted by atomic mass is 9.81. The largest absolute Gasteiger partial charge is 0.622 e. The van der Waals surface area contributed by atoms with E-state index in [4.69, 9.17) is 5.73 Å². The number of aromatic nitrogens is 2. The molecule has 0 fully saturated rings. The molecule has 7 nitrogen and oxygen atoms in total. The molecule has 1 aromatic rings. The Morgan fingerprint density at radius 2 is 2.25 bits per heavy atom. The summed E-state index contributed by atoms with van der Waals surface area (Å²) in [6.45, 7) is 1.59. The van der Waals surface area contributed by atoms with Gasteiger partial charge in [-0.1, -0.05) is 10.3 Å². The first-order valence-electron chi connectivity index (χ1n) is 5.12. The van der Waals surface area contributed by atoms with Gasteiger partial charge in [-0.05, 0) is 0 Å². The molecule has 0 unspecified atom stereocenters. The molecule has 1 aliphatic heterocycles. The van der Waals surface area contributed by atoms with Gasteiger partial charge in [0.05, 0.1) is 6.42 Å². The molecule has 2 atom stereocenters. The van der Waals surface area contributed by atoms with Crippen LogP contribution in [0.4, 0.5) is 0 Å². The molecule has 1 aromatic heterocycles. The fourth-order valence-corrected chi connectivity index (χ4v) is 2.62. The molecule has 16 heavy (non-hydrogen) atoms. The van der Waals surface area contributed by atoms with Crippen molar-refractivity contribution in [3.05, 3.63) is 16.6 Å². The molecule has 3 rings (SSSR count). The van der Waals surface area contributed by atoms with Gasteiger partial charge in [-0.3, -0.25) is 5.73 Å². The second-order valence-electron chi connectivity index (χ2n) is 4.69. The summed E-state index contributed by atoms with van der Waals surface area (Å²) in [5, 5.41) is 29.9. The number of aliphatic hydroxyl groups is 1. The fourth-order valence-electron chi connectivity index (χ4n) is 2.62. The maximum Gasteiger partial charge on any atom is 0.225 e. The van der Waals surface area contributed by atoms with Crippen molar-refractivity contribution >= 4 is 5.71 Å². The predicted octanol–water partition coefficient (Wildman–Crippen LogP) is -0.767. The van der Waals surface area contributed by atoms with Crippen molar-refractivity contribution < 1.29 is 14.5 Å². The number of rotatable bonds is 0. The SMILES string of the molecule is C[C@]1(N)C[C@@]2(O)C(=[N+]1[O-])CCc1nonc12. The van der Waals surface area contributed by atoms with Gasteiger partial charge in [0.15, 0.2) is 5.69 Å². The van der Waals surface area contributed by atoms with E-state index in [-0.39, 0.29) is 6.42 Å². The van der Waals surface area contributed by atoms with Crippen LogP contribution in [-0.4, -0.2) is 31.5 Å². The Balaban J connectivity index is 2.22. The molecule has 0 bridgehead atoms. The van der Waals surface area contributed by atoms with E-state index >= 15 is 0 Å². The lowest BCUT2D eigenvalue weighted by Crippen LogP contribution is -2.43. The zero-order valence-electron chi connectivity index (χ0n) is 8.80. The van der Waals surface area contributed by atoms with E-state index in [1.807, 2.05) is 0 Å². The third kappa shape index (κ3) is 0.966. The van der Waals surface area contributed by atoms with E-state index in [0.717, 1.165) is 0 Å². The number of hydrogen-bond donors (Lipinski definition) is 2. The third-order valence-electron chi connectivity index (χ3n) is 3.35. The topological polar surface area (TPSA) is 111 Å². The summed E-state index contributed by atoms with van der Waals surface area (Å²) in [7, 11) is 0. The van der Waals surface area contributed by atoms with Crippen LogP contribution in [0, 0.1) is 5.21 Å². The molecule has 3 N–H and O–H groups in total. The van der Waals surface area contributed by atoms with Gasteiger partial charge < -0.3 is 10.3 Å². The van der Waals surface area contributed by atoms with Gasteiger partial charge in [0.1, 0.15) is 5.69 Å². The van der Waals surface area contributed by atoms with Crippen molar-refractivity contribution in [3.8, 4) is 0 Å². The lowest BCUT2D eigenvalue weighted by molar-refractivity contribution is -0.536. The third-order valence-corrected chi connectivity index (χ3v) is 3.35. The standard InChI is InChI=1S/C9H12N4O3/c1-8(10)4-9(14)6(13(8)15)3-2-5-7(9)12-16-11-5/h14H,2-4,10H2,1H3/t8-,9-/m1/s1. The van der Waals surface area contributed by atoms with Crippen molar-refractivity contribution in [3.63, 3.8) is 0 Å². The summed E-state index contributed by atoms with van der Waals surface area (Å²) < 4.78 is 5.31. The average Bonchev–Trinajstić information content (AvgIpc) is 2.70.